The van der Waals surface area contributed by atoms with E-state index in [1.54, 1.807) is 0 Å². The maximum atomic E-state index is 12.2. The number of unbranched alkanes of at least 4 members (excludes halogenated alkanes) is 1. The molecule has 1 heterocycles. The first kappa shape index (κ1) is 14.5. The molecule has 0 aromatic carbocycles. The minimum atomic E-state index is -0.286. The smallest absolute Gasteiger partial charge is 0.0458 e. The van der Waals surface area contributed by atoms with Crippen molar-refractivity contribution in [1.29, 1.82) is 0 Å². The van der Waals surface area contributed by atoms with Crippen LogP contribution in [0.5, 0.6) is 0 Å². The molecule has 1 aliphatic heterocycles. The first-order valence-electron chi connectivity index (χ1n) is 6.44. The molecule has 0 atom stereocenters. The highest BCUT2D eigenvalue weighted by Gasteiger charge is 2.45. The maximum Gasteiger partial charge on any atom is 0.0458 e. The summed E-state index contributed by atoms with van der Waals surface area (Å²) in [5.74, 6) is 2.65. The number of hydroxylamine groups is 2. The van der Waals surface area contributed by atoms with Crippen LogP contribution >= 0.6 is 0 Å². The fourth-order valence-corrected chi connectivity index (χ4v) is 2.90. The lowest BCUT2D eigenvalue weighted by Gasteiger charge is -2.50. The van der Waals surface area contributed by atoms with Gasteiger partial charge in [0.25, 0.3) is 0 Å². The monoisotopic (exact) mass is 237 g/mol. The fourth-order valence-electron chi connectivity index (χ4n) is 2.90. The molecule has 0 amide bonds. The van der Waals surface area contributed by atoms with Crippen molar-refractivity contribution >= 4 is 0 Å². The minimum absolute atomic E-state index is 0.286. The van der Waals surface area contributed by atoms with Gasteiger partial charge in [-0.15, -0.1) is 22.6 Å². The van der Waals surface area contributed by atoms with Crippen molar-refractivity contribution in [1.82, 2.24) is 10.4 Å². The van der Waals surface area contributed by atoms with E-state index in [1.165, 1.54) is 5.06 Å². The maximum absolute atomic E-state index is 12.2. The molecule has 1 aliphatic rings. The summed E-state index contributed by atoms with van der Waals surface area (Å²) < 4.78 is 0. The van der Waals surface area contributed by atoms with Gasteiger partial charge in [-0.3, -0.25) is 0 Å². The Morgan fingerprint density at radius 2 is 1.82 bits per heavy atom. The number of piperidine rings is 1. The van der Waals surface area contributed by atoms with Gasteiger partial charge in [-0.2, -0.15) is 0 Å². The van der Waals surface area contributed by atoms with Crippen molar-refractivity contribution in [3.63, 3.8) is 0 Å². The second kappa shape index (κ2) is 5.39. The van der Waals surface area contributed by atoms with Crippen LogP contribution in [0.15, 0.2) is 0 Å². The molecule has 17 heavy (non-hydrogen) atoms. The average Bonchev–Trinajstić information content (AvgIpc) is 2.20. The van der Waals surface area contributed by atoms with Crippen molar-refractivity contribution in [2.24, 2.45) is 0 Å². The van der Waals surface area contributed by atoms with Gasteiger partial charge in [0.15, 0.2) is 0 Å². The van der Waals surface area contributed by atoms with Gasteiger partial charge in [0.05, 0.1) is 0 Å². The molecule has 97 valence electrons. The lowest BCUT2D eigenvalue weighted by Crippen LogP contribution is -2.61. The third-order valence-corrected chi connectivity index (χ3v) is 3.52. The number of rotatable bonds is 4. The van der Waals surface area contributed by atoms with Crippen LogP contribution in [0.4, 0.5) is 0 Å². The molecule has 1 rings (SSSR count). The van der Waals surface area contributed by atoms with Crippen LogP contribution in [0.25, 0.3) is 0 Å². The number of hydrogen-bond donors (Lipinski definition) is 1. The summed E-state index contributed by atoms with van der Waals surface area (Å²) in [6.45, 7) is 9.04. The van der Waals surface area contributed by atoms with Gasteiger partial charge < -0.3 is 5.32 Å². The first-order valence-corrected chi connectivity index (χ1v) is 6.44. The number of terminal acetylenes is 1. The van der Waals surface area contributed by atoms with E-state index in [2.05, 4.69) is 11.2 Å². The molecular weight excluding hydrogens is 212 g/mol. The Kier molecular flexibility index (Phi) is 4.60. The van der Waals surface area contributed by atoms with Crippen LogP contribution < -0.4 is 5.32 Å². The van der Waals surface area contributed by atoms with E-state index in [9.17, 15) is 5.21 Å². The molecule has 3 nitrogen and oxygen atoms in total. The Morgan fingerprint density at radius 3 is 2.29 bits per heavy atom. The Balaban J connectivity index is 2.51. The Labute approximate surface area is 106 Å². The molecule has 3 heteroatoms. The van der Waals surface area contributed by atoms with E-state index in [4.69, 9.17) is 6.42 Å². The van der Waals surface area contributed by atoms with Gasteiger partial charge in [0.1, 0.15) is 0 Å². The zero-order chi connectivity index (χ0) is 13.1. The summed E-state index contributed by atoms with van der Waals surface area (Å²) in [5, 5.41) is 16.9. The van der Waals surface area contributed by atoms with Crippen LogP contribution in [-0.4, -0.2) is 28.7 Å². The SMILES string of the molecule is C#CCCCNC1CC(C)(C)N([O])C(C)(C)C1. The van der Waals surface area contributed by atoms with Crippen molar-refractivity contribution in [3.05, 3.63) is 0 Å². The summed E-state index contributed by atoms with van der Waals surface area (Å²) in [7, 11) is 0. The zero-order valence-corrected chi connectivity index (χ0v) is 11.5. The van der Waals surface area contributed by atoms with Crippen LogP contribution in [0, 0.1) is 12.3 Å². The molecule has 1 saturated heterocycles. The third-order valence-electron chi connectivity index (χ3n) is 3.52. The summed E-state index contributed by atoms with van der Waals surface area (Å²) >= 11 is 0. The van der Waals surface area contributed by atoms with Crippen LogP contribution in [0.3, 0.4) is 0 Å². The fraction of sp³-hybridized carbons (Fsp3) is 0.857. The predicted octanol–water partition coefficient (Wildman–Crippen LogP) is 2.36. The van der Waals surface area contributed by atoms with Gasteiger partial charge in [-0.1, -0.05) is 0 Å². The zero-order valence-electron chi connectivity index (χ0n) is 11.5. The Hall–Kier alpha value is -0.560. The van der Waals surface area contributed by atoms with E-state index in [0.717, 1.165) is 32.2 Å². The van der Waals surface area contributed by atoms with Gasteiger partial charge in [0.2, 0.25) is 0 Å². The van der Waals surface area contributed by atoms with Crippen LogP contribution in [-0.2, 0) is 5.21 Å². The molecule has 0 aliphatic carbocycles. The molecule has 0 spiro atoms. The Bertz CT molecular complexity index is 273. The highest BCUT2D eigenvalue weighted by atomic mass is 16.5. The molecular formula is C14H25N2O. The third kappa shape index (κ3) is 3.70. The average molecular weight is 237 g/mol. The number of nitrogens with one attached hydrogen (secondary N) is 1. The van der Waals surface area contributed by atoms with Crippen molar-refractivity contribution in [2.75, 3.05) is 6.54 Å². The quantitative estimate of drug-likeness (QED) is 0.602. The standard InChI is InChI=1S/C14H25N2O/c1-6-7-8-9-15-12-10-13(2,3)16(17)14(4,5)11-12/h1,12,15H,7-11H2,2-5H3. The van der Waals surface area contributed by atoms with Crippen molar-refractivity contribution in [2.45, 2.75) is 70.5 Å². The number of hydrogen-bond acceptors (Lipinski definition) is 2. The summed E-state index contributed by atoms with van der Waals surface area (Å²) in [6, 6.07) is 0.419. The first-order chi connectivity index (χ1) is 7.79. The van der Waals surface area contributed by atoms with Gasteiger partial charge in [-0.05, 0) is 53.5 Å². The van der Waals surface area contributed by atoms with Crippen LogP contribution in [0.1, 0.15) is 53.4 Å². The van der Waals surface area contributed by atoms with Gasteiger partial charge >= 0.3 is 0 Å². The number of nitrogens with zero attached hydrogens (tertiary/aromatic N) is 1. The summed E-state index contributed by atoms with van der Waals surface area (Å²) in [6.07, 6.45) is 8.85. The molecule has 1 fully saturated rings. The van der Waals surface area contributed by atoms with Crippen molar-refractivity contribution < 1.29 is 5.21 Å². The van der Waals surface area contributed by atoms with E-state index in [1.807, 2.05) is 27.7 Å². The molecule has 1 N–H and O–H groups in total. The largest absolute Gasteiger partial charge is 0.314 e. The molecule has 0 saturated carbocycles. The summed E-state index contributed by atoms with van der Waals surface area (Å²) in [5.41, 5.74) is -0.572. The normalized spacial score (nSPS) is 24.5. The lowest BCUT2D eigenvalue weighted by molar-refractivity contribution is -0.290. The minimum Gasteiger partial charge on any atom is -0.314 e. The predicted molar refractivity (Wildman–Crippen MR) is 69.8 cm³/mol. The second-order valence-corrected chi connectivity index (χ2v) is 6.29. The summed E-state index contributed by atoms with van der Waals surface area (Å²) in [4.78, 5) is 0. The van der Waals surface area contributed by atoms with Gasteiger partial charge in [0, 0.05) is 23.5 Å². The van der Waals surface area contributed by atoms with Gasteiger partial charge in [-0.25, -0.2) is 0 Å². The van der Waals surface area contributed by atoms with Crippen molar-refractivity contribution in [3.8, 4) is 12.3 Å². The molecule has 1 radical (unpaired) electrons. The lowest BCUT2D eigenvalue weighted by atomic mass is 9.79. The molecule has 0 unspecified atom stereocenters. The second-order valence-electron chi connectivity index (χ2n) is 6.29. The van der Waals surface area contributed by atoms with Crippen LogP contribution in [0.2, 0.25) is 0 Å². The highest BCUT2D eigenvalue weighted by Crippen LogP contribution is 2.36. The van der Waals surface area contributed by atoms with E-state index >= 15 is 0 Å². The molecule has 0 aromatic heterocycles. The van der Waals surface area contributed by atoms with E-state index < -0.39 is 0 Å². The Morgan fingerprint density at radius 1 is 1.29 bits per heavy atom. The molecule has 0 aromatic rings. The van der Waals surface area contributed by atoms with E-state index in [0.29, 0.717) is 6.04 Å². The topological polar surface area (TPSA) is 35.2 Å². The highest BCUT2D eigenvalue weighted by molar-refractivity contribution is 4.98. The molecule has 0 bridgehead atoms. The van der Waals surface area contributed by atoms with E-state index in [-0.39, 0.29) is 11.1 Å².